The third kappa shape index (κ3) is 1.37. The minimum Gasteiger partial charge on any atom is -0.471 e. The predicted octanol–water partition coefficient (Wildman–Crippen LogP) is 3.12. The van der Waals surface area contributed by atoms with Crippen molar-refractivity contribution in [3.8, 4) is 5.75 Å². The number of ether oxygens (including phenoxy) is 1. The zero-order valence-electron chi connectivity index (χ0n) is 8.33. The highest BCUT2D eigenvalue weighted by molar-refractivity contribution is 6.23. The van der Waals surface area contributed by atoms with Crippen molar-refractivity contribution in [2.75, 3.05) is 0 Å². The summed E-state index contributed by atoms with van der Waals surface area (Å²) in [7, 11) is 0. The second-order valence-electron chi connectivity index (χ2n) is 4.01. The van der Waals surface area contributed by atoms with Gasteiger partial charge in [-0.15, -0.1) is 0 Å². The molecule has 0 fully saturated rings. The second kappa shape index (κ2) is 2.86. The van der Waals surface area contributed by atoms with Crippen LogP contribution < -0.4 is 4.74 Å². The van der Waals surface area contributed by atoms with Crippen molar-refractivity contribution >= 4 is 22.5 Å². The number of rotatable bonds is 0. The van der Waals surface area contributed by atoms with Crippen LogP contribution in [0, 0.1) is 0 Å². The highest BCUT2D eigenvalue weighted by atomic mass is 35.5. The summed E-state index contributed by atoms with van der Waals surface area (Å²) in [4.78, 5) is 4.38. The van der Waals surface area contributed by atoms with Crippen molar-refractivity contribution in [1.29, 1.82) is 0 Å². The van der Waals surface area contributed by atoms with Crippen molar-refractivity contribution in [2.45, 2.75) is 18.4 Å². The lowest BCUT2D eigenvalue weighted by atomic mass is 10.1. The second-order valence-corrected chi connectivity index (χ2v) is 4.81. The Kier molecular flexibility index (Phi) is 1.71. The van der Waals surface area contributed by atoms with Gasteiger partial charge in [0.15, 0.2) is 5.06 Å². The van der Waals surface area contributed by atoms with Crippen molar-refractivity contribution in [1.82, 2.24) is 4.98 Å². The average Bonchev–Trinajstić information content (AvgIpc) is 2.52. The molecule has 1 aliphatic rings. The minimum atomic E-state index is -0.617. The molecule has 0 N–H and O–H groups in total. The van der Waals surface area contributed by atoms with Crippen LogP contribution in [0.15, 0.2) is 30.5 Å². The zero-order valence-corrected chi connectivity index (χ0v) is 9.08. The lowest BCUT2D eigenvalue weighted by Gasteiger charge is -2.14. The van der Waals surface area contributed by atoms with E-state index in [1.165, 1.54) is 0 Å². The molecule has 1 unspecified atom stereocenters. The minimum absolute atomic E-state index is 0.617. The molecular weight excluding hydrogens is 210 g/mol. The first-order chi connectivity index (χ1) is 7.16. The Bertz CT molecular complexity index is 536. The highest BCUT2D eigenvalue weighted by Gasteiger charge is 2.33. The molecule has 1 aromatic carbocycles. The molecule has 0 amide bonds. The van der Waals surface area contributed by atoms with Gasteiger partial charge >= 0.3 is 0 Å². The lowest BCUT2D eigenvalue weighted by molar-refractivity contribution is 0.211. The molecule has 2 aromatic rings. The number of hydrogen-bond donors (Lipinski definition) is 0. The fourth-order valence-electron chi connectivity index (χ4n) is 1.99. The van der Waals surface area contributed by atoms with Gasteiger partial charge < -0.3 is 4.74 Å². The van der Waals surface area contributed by atoms with Crippen molar-refractivity contribution < 1.29 is 4.74 Å². The molecule has 0 aliphatic carbocycles. The summed E-state index contributed by atoms with van der Waals surface area (Å²) < 4.78 is 5.73. The van der Waals surface area contributed by atoms with Crippen LogP contribution in [-0.4, -0.2) is 10.0 Å². The van der Waals surface area contributed by atoms with Crippen LogP contribution in [-0.2, 0) is 6.42 Å². The van der Waals surface area contributed by atoms with Gasteiger partial charge in [0.25, 0.3) is 0 Å². The van der Waals surface area contributed by atoms with Crippen LogP contribution in [0.1, 0.15) is 12.5 Å². The topological polar surface area (TPSA) is 22.1 Å². The fourth-order valence-corrected chi connectivity index (χ4v) is 2.21. The maximum absolute atomic E-state index is 6.18. The number of halogens is 1. The fraction of sp³-hybridized carbons (Fsp3) is 0.250. The summed E-state index contributed by atoms with van der Waals surface area (Å²) in [5.74, 6) is 0.887. The van der Waals surface area contributed by atoms with E-state index >= 15 is 0 Å². The van der Waals surface area contributed by atoms with Gasteiger partial charge in [-0.05, 0) is 19.1 Å². The van der Waals surface area contributed by atoms with Gasteiger partial charge in [-0.25, -0.2) is 0 Å². The maximum atomic E-state index is 6.18. The Hall–Kier alpha value is -1.28. The number of alkyl halides is 1. The summed E-state index contributed by atoms with van der Waals surface area (Å²) >= 11 is 6.18. The Morgan fingerprint density at radius 3 is 3.07 bits per heavy atom. The molecule has 1 aliphatic heterocycles. The smallest absolute Gasteiger partial charge is 0.183 e. The van der Waals surface area contributed by atoms with Crippen LogP contribution in [0.25, 0.3) is 10.9 Å². The van der Waals surface area contributed by atoms with Crippen LogP contribution >= 0.6 is 11.6 Å². The first-order valence-corrected chi connectivity index (χ1v) is 5.28. The number of fused-ring (bicyclic) bond motifs is 3. The summed E-state index contributed by atoms with van der Waals surface area (Å²) in [6, 6.07) is 7.94. The van der Waals surface area contributed by atoms with Crippen molar-refractivity contribution in [3.05, 3.63) is 36.0 Å². The lowest BCUT2D eigenvalue weighted by Crippen LogP contribution is -2.21. The summed E-state index contributed by atoms with van der Waals surface area (Å²) in [6.45, 7) is 1.88. The molecule has 0 bridgehead atoms. The first kappa shape index (κ1) is 8.98. The largest absolute Gasteiger partial charge is 0.471 e. The molecule has 2 heterocycles. The average molecular weight is 220 g/mol. The Labute approximate surface area is 92.8 Å². The molecular formula is C12H10ClNO. The Morgan fingerprint density at radius 2 is 2.20 bits per heavy atom. The van der Waals surface area contributed by atoms with Crippen LogP contribution in [0.4, 0.5) is 0 Å². The molecule has 2 nitrogen and oxygen atoms in total. The monoisotopic (exact) mass is 219 g/mol. The number of aromatic nitrogens is 1. The van der Waals surface area contributed by atoms with E-state index in [1.807, 2.05) is 37.4 Å². The normalized spacial score (nSPS) is 23.9. The van der Waals surface area contributed by atoms with E-state index < -0.39 is 5.06 Å². The molecule has 0 saturated carbocycles. The summed E-state index contributed by atoms with van der Waals surface area (Å²) in [5.41, 5.74) is 2.04. The van der Waals surface area contributed by atoms with E-state index in [0.717, 1.165) is 22.2 Å². The molecule has 76 valence electrons. The van der Waals surface area contributed by atoms with Crippen LogP contribution in [0.2, 0.25) is 0 Å². The highest BCUT2D eigenvalue weighted by Crippen LogP contribution is 2.41. The molecule has 3 rings (SSSR count). The van der Waals surface area contributed by atoms with Crippen LogP contribution in [0.5, 0.6) is 5.75 Å². The first-order valence-electron chi connectivity index (χ1n) is 4.90. The molecule has 0 radical (unpaired) electrons. The number of benzene rings is 1. The molecule has 0 saturated heterocycles. The molecule has 1 aromatic heterocycles. The number of para-hydroxylation sites is 1. The number of hydrogen-bond acceptors (Lipinski definition) is 2. The Morgan fingerprint density at radius 1 is 1.40 bits per heavy atom. The van der Waals surface area contributed by atoms with Gasteiger partial charge in [0.1, 0.15) is 5.75 Å². The van der Waals surface area contributed by atoms with E-state index in [-0.39, 0.29) is 0 Å². The summed E-state index contributed by atoms with van der Waals surface area (Å²) in [5, 5.41) is 0.424. The standard InChI is InChI=1S/C12H10ClNO/c1-12(13)6-8-7-14-10-5-3-2-4-9(10)11(8)15-12/h2-5,7H,6H2,1H3. The van der Waals surface area contributed by atoms with Gasteiger partial charge in [-0.3, -0.25) is 4.98 Å². The number of pyridine rings is 1. The molecule has 15 heavy (non-hydrogen) atoms. The quantitative estimate of drug-likeness (QED) is 0.635. The molecule has 3 heteroatoms. The SMILES string of the molecule is CC1(Cl)Cc2cnc3ccccc3c2O1. The maximum Gasteiger partial charge on any atom is 0.183 e. The van der Waals surface area contributed by atoms with Gasteiger partial charge in [0.2, 0.25) is 0 Å². The summed E-state index contributed by atoms with van der Waals surface area (Å²) in [6.07, 6.45) is 2.56. The number of nitrogens with zero attached hydrogens (tertiary/aromatic N) is 1. The molecule has 0 spiro atoms. The predicted molar refractivity (Wildman–Crippen MR) is 60.3 cm³/mol. The third-order valence-corrected chi connectivity index (χ3v) is 2.83. The van der Waals surface area contributed by atoms with E-state index in [1.54, 1.807) is 0 Å². The Balaban J connectivity index is 2.29. The van der Waals surface area contributed by atoms with E-state index in [0.29, 0.717) is 6.42 Å². The van der Waals surface area contributed by atoms with Crippen molar-refractivity contribution in [2.24, 2.45) is 0 Å². The molecule has 1 atom stereocenters. The van der Waals surface area contributed by atoms with E-state index in [2.05, 4.69) is 4.98 Å². The van der Waals surface area contributed by atoms with Gasteiger partial charge in [-0.2, -0.15) is 0 Å². The van der Waals surface area contributed by atoms with Gasteiger partial charge in [0, 0.05) is 23.6 Å². The third-order valence-electron chi connectivity index (χ3n) is 2.62. The van der Waals surface area contributed by atoms with Crippen LogP contribution in [0.3, 0.4) is 0 Å². The van der Waals surface area contributed by atoms with Gasteiger partial charge in [0.05, 0.1) is 5.52 Å². The van der Waals surface area contributed by atoms with Gasteiger partial charge in [-0.1, -0.05) is 23.7 Å². The van der Waals surface area contributed by atoms with Crippen molar-refractivity contribution in [3.63, 3.8) is 0 Å². The zero-order chi connectivity index (χ0) is 10.5. The van der Waals surface area contributed by atoms with E-state index in [4.69, 9.17) is 16.3 Å². The van der Waals surface area contributed by atoms with E-state index in [9.17, 15) is 0 Å².